The first-order chi connectivity index (χ1) is 9.78. The number of nitrogens with two attached hydrogens (primary N) is 1. The van der Waals surface area contributed by atoms with Gasteiger partial charge in [0.25, 0.3) is 0 Å². The Hall–Kier alpha value is -1.67. The number of carboxylic acid groups (broad SMARTS) is 1. The van der Waals surface area contributed by atoms with Crippen LogP contribution in [0.15, 0.2) is 0 Å². The summed E-state index contributed by atoms with van der Waals surface area (Å²) in [5, 5.41) is 11.7. The Kier molecular flexibility index (Phi) is 6.10. The summed E-state index contributed by atoms with van der Waals surface area (Å²) >= 11 is 0. The number of carbonyl (C=O) groups is 3. The minimum Gasteiger partial charge on any atom is -0.480 e. The highest BCUT2D eigenvalue weighted by atomic mass is 16.4. The smallest absolute Gasteiger partial charge is 0.325 e. The van der Waals surface area contributed by atoms with Crippen LogP contribution in [-0.2, 0) is 14.4 Å². The van der Waals surface area contributed by atoms with E-state index in [2.05, 4.69) is 5.32 Å². The third-order valence-corrected chi connectivity index (χ3v) is 3.54. The van der Waals surface area contributed by atoms with Crippen molar-refractivity contribution in [3.8, 4) is 0 Å². The fourth-order valence-corrected chi connectivity index (χ4v) is 2.16. The molecule has 8 nitrogen and oxygen atoms in total. The SMILES string of the molecule is CCCNC(=O)CN(C)C(=O)CN1CCC(N)(C(=O)O)C1. The maximum atomic E-state index is 12.0. The van der Waals surface area contributed by atoms with Crippen molar-refractivity contribution in [2.24, 2.45) is 5.73 Å². The number of amides is 2. The monoisotopic (exact) mass is 300 g/mol. The number of carbonyl (C=O) groups excluding carboxylic acids is 2. The summed E-state index contributed by atoms with van der Waals surface area (Å²) in [6.07, 6.45) is 1.15. The molecule has 0 radical (unpaired) electrons. The first-order valence-corrected chi connectivity index (χ1v) is 7.04. The van der Waals surface area contributed by atoms with E-state index >= 15 is 0 Å². The molecule has 1 heterocycles. The molecule has 0 aromatic rings. The summed E-state index contributed by atoms with van der Waals surface area (Å²) < 4.78 is 0. The summed E-state index contributed by atoms with van der Waals surface area (Å²) in [6.45, 7) is 3.21. The van der Waals surface area contributed by atoms with Crippen LogP contribution in [0.3, 0.4) is 0 Å². The zero-order valence-electron chi connectivity index (χ0n) is 12.6. The minimum atomic E-state index is -1.28. The van der Waals surface area contributed by atoms with E-state index in [4.69, 9.17) is 10.8 Å². The molecule has 8 heteroatoms. The van der Waals surface area contributed by atoms with E-state index in [9.17, 15) is 14.4 Å². The number of hydrogen-bond acceptors (Lipinski definition) is 5. The highest BCUT2D eigenvalue weighted by molar-refractivity contribution is 5.85. The number of likely N-dealkylation sites (tertiary alicyclic amines) is 1. The number of hydrogen-bond donors (Lipinski definition) is 3. The van der Waals surface area contributed by atoms with Crippen molar-refractivity contribution >= 4 is 17.8 Å². The van der Waals surface area contributed by atoms with E-state index < -0.39 is 11.5 Å². The van der Waals surface area contributed by atoms with Crippen LogP contribution in [-0.4, -0.2) is 78.0 Å². The van der Waals surface area contributed by atoms with Crippen molar-refractivity contribution in [2.75, 3.05) is 39.8 Å². The molecule has 2 amide bonds. The fraction of sp³-hybridized carbons (Fsp3) is 0.769. The molecule has 21 heavy (non-hydrogen) atoms. The lowest BCUT2D eigenvalue weighted by Crippen LogP contribution is -2.51. The number of nitrogens with zero attached hydrogens (tertiary/aromatic N) is 2. The van der Waals surface area contributed by atoms with E-state index in [-0.39, 0.29) is 31.4 Å². The largest absolute Gasteiger partial charge is 0.480 e. The van der Waals surface area contributed by atoms with Gasteiger partial charge in [0.2, 0.25) is 11.8 Å². The lowest BCUT2D eigenvalue weighted by Gasteiger charge is -2.22. The summed E-state index contributed by atoms with van der Waals surface area (Å²) in [5.41, 5.74) is 4.47. The first-order valence-electron chi connectivity index (χ1n) is 7.04. The Bertz CT molecular complexity index is 415. The van der Waals surface area contributed by atoms with Crippen LogP contribution in [0.2, 0.25) is 0 Å². The summed E-state index contributed by atoms with van der Waals surface area (Å²) in [7, 11) is 1.55. The maximum absolute atomic E-state index is 12.0. The number of rotatable bonds is 7. The lowest BCUT2D eigenvalue weighted by molar-refractivity contribution is -0.143. The second-order valence-electron chi connectivity index (χ2n) is 5.52. The molecule has 0 bridgehead atoms. The highest BCUT2D eigenvalue weighted by Gasteiger charge is 2.41. The molecule has 0 aromatic carbocycles. The number of likely N-dealkylation sites (N-methyl/N-ethyl adjacent to an activating group) is 1. The van der Waals surface area contributed by atoms with Gasteiger partial charge in [0.15, 0.2) is 0 Å². The molecule has 1 aliphatic heterocycles. The molecule has 0 aliphatic carbocycles. The van der Waals surface area contributed by atoms with E-state index in [1.807, 2.05) is 6.92 Å². The Morgan fingerprint density at radius 3 is 2.62 bits per heavy atom. The molecule has 1 aliphatic rings. The van der Waals surface area contributed by atoms with Crippen LogP contribution in [0.5, 0.6) is 0 Å². The van der Waals surface area contributed by atoms with Gasteiger partial charge in [0.05, 0.1) is 13.1 Å². The lowest BCUT2D eigenvalue weighted by atomic mass is 10.0. The van der Waals surface area contributed by atoms with Gasteiger partial charge in [-0.2, -0.15) is 0 Å². The van der Waals surface area contributed by atoms with E-state index in [0.717, 1.165) is 6.42 Å². The predicted octanol–water partition coefficient (Wildman–Crippen LogP) is -1.54. The van der Waals surface area contributed by atoms with Crippen molar-refractivity contribution in [2.45, 2.75) is 25.3 Å². The zero-order valence-corrected chi connectivity index (χ0v) is 12.6. The average Bonchev–Trinajstić information content (AvgIpc) is 2.79. The molecule has 1 atom stereocenters. The van der Waals surface area contributed by atoms with Gasteiger partial charge in [0, 0.05) is 26.7 Å². The van der Waals surface area contributed by atoms with Gasteiger partial charge < -0.3 is 21.1 Å². The van der Waals surface area contributed by atoms with Gasteiger partial charge >= 0.3 is 5.97 Å². The van der Waals surface area contributed by atoms with Crippen LogP contribution >= 0.6 is 0 Å². The second kappa shape index (κ2) is 7.37. The molecule has 0 aromatic heterocycles. The second-order valence-corrected chi connectivity index (χ2v) is 5.52. The Balaban J connectivity index is 2.40. The van der Waals surface area contributed by atoms with Gasteiger partial charge in [-0.25, -0.2) is 0 Å². The fourth-order valence-electron chi connectivity index (χ4n) is 2.16. The third kappa shape index (κ3) is 4.98. The molecule has 1 unspecified atom stereocenters. The molecule has 0 spiro atoms. The summed E-state index contributed by atoms with van der Waals surface area (Å²) in [6, 6.07) is 0. The van der Waals surface area contributed by atoms with Gasteiger partial charge in [-0.05, 0) is 12.8 Å². The molecule has 0 saturated carbocycles. The molecule has 1 rings (SSSR count). The number of aliphatic carboxylic acids is 1. The summed E-state index contributed by atoms with van der Waals surface area (Å²) in [4.78, 5) is 37.6. The maximum Gasteiger partial charge on any atom is 0.325 e. The topological polar surface area (TPSA) is 116 Å². The van der Waals surface area contributed by atoms with Crippen LogP contribution in [0.25, 0.3) is 0 Å². The van der Waals surface area contributed by atoms with Gasteiger partial charge in [0.1, 0.15) is 5.54 Å². The van der Waals surface area contributed by atoms with E-state index in [1.165, 1.54) is 4.90 Å². The van der Waals surface area contributed by atoms with Crippen molar-refractivity contribution < 1.29 is 19.5 Å². The number of nitrogens with one attached hydrogen (secondary N) is 1. The first kappa shape index (κ1) is 17.4. The standard InChI is InChI=1S/C13H24N4O4/c1-3-5-15-10(18)7-16(2)11(19)8-17-6-4-13(14,9-17)12(20)21/h3-9,14H2,1-2H3,(H,15,18)(H,20,21). The molecular weight excluding hydrogens is 276 g/mol. The van der Waals surface area contributed by atoms with Crippen molar-refractivity contribution in [3.05, 3.63) is 0 Å². The molecule has 1 fully saturated rings. The number of carboxylic acids is 1. The molecule has 120 valence electrons. The van der Waals surface area contributed by atoms with Crippen molar-refractivity contribution in [1.29, 1.82) is 0 Å². The van der Waals surface area contributed by atoms with Crippen LogP contribution in [0, 0.1) is 0 Å². The average molecular weight is 300 g/mol. The Labute approximate surface area is 124 Å². The summed E-state index contributed by atoms with van der Waals surface area (Å²) in [5.74, 6) is -1.48. The molecule has 1 saturated heterocycles. The van der Waals surface area contributed by atoms with E-state index in [0.29, 0.717) is 19.5 Å². The Morgan fingerprint density at radius 1 is 1.43 bits per heavy atom. The van der Waals surface area contributed by atoms with Gasteiger partial charge in [-0.1, -0.05) is 6.92 Å². The van der Waals surface area contributed by atoms with Crippen LogP contribution < -0.4 is 11.1 Å². The van der Waals surface area contributed by atoms with Gasteiger partial charge in [-0.15, -0.1) is 0 Å². The third-order valence-electron chi connectivity index (χ3n) is 3.54. The van der Waals surface area contributed by atoms with Crippen LogP contribution in [0.1, 0.15) is 19.8 Å². The molecule has 4 N–H and O–H groups in total. The minimum absolute atomic E-state index is 0.000623. The highest BCUT2D eigenvalue weighted by Crippen LogP contribution is 2.18. The quantitative estimate of drug-likeness (QED) is 0.525. The van der Waals surface area contributed by atoms with Gasteiger partial charge in [-0.3, -0.25) is 19.3 Å². The van der Waals surface area contributed by atoms with Crippen molar-refractivity contribution in [3.63, 3.8) is 0 Å². The van der Waals surface area contributed by atoms with Crippen molar-refractivity contribution in [1.82, 2.24) is 15.1 Å². The normalized spacial score (nSPS) is 22.0. The Morgan fingerprint density at radius 2 is 2.10 bits per heavy atom. The molecular formula is C13H24N4O4. The van der Waals surface area contributed by atoms with Crippen LogP contribution in [0.4, 0.5) is 0 Å². The zero-order chi connectivity index (χ0) is 16.0. The van der Waals surface area contributed by atoms with E-state index in [1.54, 1.807) is 11.9 Å². The predicted molar refractivity (Wildman–Crippen MR) is 76.5 cm³/mol.